The van der Waals surface area contributed by atoms with Crippen LogP contribution in [0.2, 0.25) is 0 Å². The van der Waals surface area contributed by atoms with Crippen molar-refractivity contribution < 1.29 is 29.2 Å². The van der Waals surface area contributed by atoms with Crippen LogP contribution in [-0.4, -0.2) is 22.4 Å². The summed E-state index contributed by atoms with van der Waals surface area (Å²) >= 11 is 0. The highest BCUT2D eigenvalue weighted by Gasteiger charge is 2.48. The number of aliphatic hydroxyl groups excluding tert-OH is 1. The Morgan fingerprint density at radius 3 is 2.16 bits per heavy atom. The molecule has 7 atom stereocenters. The van der Waals surface area contributed by atoms with Crippen LogP contribution in [0.15, 0.2) is 15.7 Å². The van der Waals surface area contributed by atoms with Crippen molar-refractivity contribution in [2.75, 3.05) is 0 Å². The van der Waals surface area contributed by atoms with Gasteiger partial charge in [0.25, 0.3) is 0 Å². The van der Waals surface area contributed by atoms with E-state index >= 15 is 0 Å². The lowest BCUT2D eigenvalue weighted by Gasteiger charge is -2.45. The summed E-state index contributed by atoms with van der Waals surface area (Å²) in [6, 6.07) is 1.43. The first-order chi connectivity index (χ1) is 18.2. The summed E-state index contributed by atoms with van der Waals surface area (Å²) in [6.45, 7) is 7.54. The van der Waals surface area contributed by atoms with E-state index in [9.17, 15) is 19.8 Å². The summed E-state index contributed by atoms with van der Waals surface area (Å²) in [6.07, 6.45) is -3.12. The summed E-state index contributed by atoms with van der Waals surface area (Å²) in [5, 5.41) is 27.1. The smallest absolute Gasteiger partial charge is 0.196 e. The molecule has 4 aromatic rings. The van der Waals surface area contributed by atoms with Crippen molar-refractivity contribution in [2.45, 2.75) is 76.8 Å². The van der Waals surface area contributed by atoms with Gasteiger partial charge in [-0.2, -0.15) is 0 Å². The number of phenols is 1. The summed E-state index contributed by atoms with van der Waals surface area (Å²) in [5.41, 5.74) is 2.80. The van der Waals surface area contributed by atoms with Gasteiger partial charge in [0.2, 0.25) is 0 Å². The molecule has 192 valence electrons. The normalized spacial score (nSPS) is 32.1. The van der Waals surface area contributed by atoms with Gasteiger partial charge < -0.3 is 29.2 Å². The molecule has 4 aromatic carbocycles. The minimum absolute atomic E-state index is 0.00597. The monoisotopic (exact) mass is 512 g/mol. The number of hydrogen-bond acceptors (Lipinski definition) is 8. The second-order valence-corrected chi connectivity index (χ2v) is 11.4. The number of rotatable bonds is 0. The molecule has 2 N–H and O–H groups in total. The van der Waals surface area contributed by atoms with E-state index in [4.69, 9.17) is 18.9 Å². The lowest BCUT2D eigenvalue weighted by molar-refractivity contribution is -0.135. The van der Waals surface area contributed by atoms with Crippen LogP contribution >= 0.6 is 0 Å². The summed E-state index contributed by atoms with van der Waals surface area (Å²) in [7, 11) is 0. The fourth-order valence-corrected chi connectivity index (χ4v) is 8.23. The molecular weight excluding hydrogens is 488 g/mol. The van der Waals surface area contributed by atoms with E-state index in [-0.39, 0.29) is 51.6 Å². The lowest BCUT2D eigenvalue weighted by atomic mass is 9.72. The Labute approximate surface area is 215 Å². The van der Waals surface area contributed by atoms with Crippen molar-refractivity contribution >= 4 is 38.1 Å². The van der Waals surface area contributed by atoms with Crippen molar-refractivity contribution in [1.29, 1.82) is 0 Å². The van der Waals surface area contributed by atoms with Gasteiger partial charge in [0, 0.05) is 56.3 Å². The van der Waals surface area contributed by atoms with Gasteiger partial charge in [-0.3, -0.25) is 9.59 Å². The Morgan fingerprint density at radius 1 is 0.711 bits per heavy atom. The van der Waals surface area contributed by atoms with Crippen LogP contribution in [0.3, 0.4) is 0 Å². The number of ether oxygens (including phenoxy) is 4. The van der Waals surface area contributed by atoms with Crippen molar-refractivity contribution in [2.24, 2.45) is 0 Å². The molecule has 5 aliphatic rings. The number of aromatic hydroxyl groups is 1. The van der Waals surface area contributed by atoms with E-state index in [1.807, 2.05) is 27.7 Å². The Morgan fingerprint density at radius 2 is 1.39 bits per heavy atom. The molecule has 7 unspecified atom stereocenters. The highest BCUT2D eigenvalue weighted by atomic mass is 16.6. The van der Waals surface area contributed by atoms with Crippen LogP contribution in [0.1, 0.15) is 92.5 Å². The van der Waals surface area contributed by atoms with Crippen LogP contribution in [0.5, 0.6) is 11.5 Å². The summed E-state index contributed by atoms with van der Waals surface area (Å²) < 4.78 is 25.4. The third-order valence-electron chi connectivity index (χ3n) is 9.50. The molecule has 0 spiro atoms. The first-order valence-electron chi connectivity index (χ1n) is 13.2. The van der Waals surface area contributed by atoms with Crippen LogP contribution in [0.25, 0.3) is 38.1 Å². The molecule has 0 fully saturated rings. The number of benzene rings is 4. The topological polar surface area (TPSA) is 112 Å². The van der Waals surface area contributed by atoms with Crippen molar-refractivity contribution in [3.8, 4) is 11.5 Å². The van der Waals surface area contributed by atoms with Gasteiger partial charge in [-0.25, -0.2) is 0 Å². The van der Waals surface area contributed by atoms with Gasteiger partial charge in [0.15, 0.2) is 17.0 Å². The average Bonchev–Trinajstić information content (AvgIpc) is 2.85. The van der Waals surface area contributed by atoms with Crippen molar-refractivity contribution in [3.63, 3.8) is 0 Å². The first kappa shape index (κ1) is 21.5. The molecule has 0 radical (unpaired) electrons. The largest absolute Gasteiger partial charge is 0.511 e. The molecule has 4 heterocycles. The molecule has 4 aliphatic heterocycles. The Hall–Kier alpha value is -3.46. The van der Waals surface area contributed by atoms with Gasteiger partial charge in [-0.15, -0.1) is 0 Å². The fraction of sp³-hybridized carbons (Fsp3) is 0.400. The quantitative estimate of drug-likeness (QED) is 0.265. The van der Waals surface area contributed by atoms with Crippen LogP contribution in [0, 0.1) is 0 Å². The molecule has 38 heavy (non-hydrogen) atoms. The minimum atomic E-state index is -0.583. The predicted octanol–water partition coefficient (Wildman–Crippen LogP) is 4.30. The maximum atomic E-state index is 14.1. The van der Waals surface area contributed by atoms with Crippen molar-refractivity contribution in [1.82, 2.24) is 0 Å². The zero-order valence-corrected chi connectivity index (χ0v) is 21.2. The number of hydrogen-bond donors (Lipinski definition) is 2. The first-order valence-corrected chi connectivity index (χ1v) is 13.2. The summed E-state index contributed by atoms with van der Waals surface area (Å²) in [4.78, 5) is 27.7. The number of phenolic OH excluding ortho intramolecular Hbond substituents is 1. The molecule has 0 bridgehead atoms. The molecule has 9 rings (SSSR count). The molecule has 8 heteroatoms. The maximum Gasteiger partial charge on any atom is 0.196 e. The van der Waals surface area contributed by atoms with E-state index in [1.54, 1.807) is 0 Å². The zero-order chi connectivity index (χ0) is 26.1. The zero-order valence-electron chi connectivity index (χ0n) is 21.2. The van der Waals surface area contributed by atoms with Crippen LogP contribution < -0.4 is 20.8 Å². The van der Waals surface area contributed by atoms with Crippen molar-refractivity contribution in [3.05, 3.63) is 59.5 Å². The second-order valence-electron chi connectivity index (χ2n) is 11.4. The van der Waals surface area contributed by atoms with E-state index in [0.29, 0.717) is 33.0 Å². The fourth-order valence-electron chi connectivity index (χ4n) is 8.23. The highest BCUT2D eigenvalue weighted by molar-refractivity contribution is 6.29. The lowest BCUT2D eigenvalue weighted by Crippen LogP contribution is -2.44. The highest BCUT2D eigenvalue weighted by Crippen LogP contribution is 2.60. The molecule has 8 nitrogen and oxygen atoms in total. The van der Waals surface area contributed by atoms with Crippen LogP contribution in [-0.2, 0) is 14.2 Å². The third kappa shape index (κ3) is 2.09. The van der Waals surface area contributed by atoms with E-state index in [1.165, 1.54) is 6.07 Å². The predicted molar refractivity (Wildman–Crippen MR) is 138 cm³/mol. The standard InChI is InChI=1S/C30H24O8/c1-7-15-25-23-19-13(37-29(25)9(3)35-7)6-12(32)18-22(19)24-20-14(5-11(31)17(21(20)23)27(15)33)38-30-10(4)36-8(2)16(26(24)30)28(18)34/h5,7-10,13,29-30,32-33H,6H2,1-4H3. The van der Waals surface area contributed by atoms with E-state index in [2.05, 4.69) is 0 Å². The Kier molecular flexibility index (Phi) is 3.61. The Balaban J connectivity index is 1.69. The molecule has 0 saturated heterocycles. The van der Waals surface area contributed by atoms with Gasteiger partial charge in [-0.05, 0) is 38.6 Å². The van der Waals surface area contributed by atoms with Gasteiger partial charge >= 0.3 is 0 Å². The third-order valence-corrected chi connectivity index (χ3v) is 9.50. The number of aliphatic hydroxyl groups is 1. The van der Waals surface area contributed by atoms with Gasteiger partial charge in [-0.1, -0.05) is 0 Å². The van der Waals surface area contributed by atoms with Gasteiger partial charge in [0.05, 0.1) is 41.1 Å². The molecule has 1 aliphatic carbocycles. The maximum absolute atomic E-state index is 14.1. The van der Waals surface area contributed by atoms with Crippen LogP contribution in [0.4, 0.5) is 0 Å². The van der Waals surface area contributed by atoms with E-state index < -0.39 is 30.5 Å². The summed E-state index contributed by atoms with van der Waals surface area (Å²) in [5.74, 6) is 0.312. The molecule has 0 amide bonds. The molecular formula is C30H24O8. The Bertz CT molecular complexity index is 2010. The molecule has 0 saturated carbocycles. The SMILES string of the molecule is CC1OC(C)C2OC3CC(O)=c4c(=O)c5c6c7c4c3c3c2c1c(O)c1c(=O)cc(c7c31)OC6C(C)OC5C. The molecule has 0 aromatic heterocycles. The average molecular weight is 513 g/mol. The van der Waals surface area contributed by atoms with E-state index in [0.717, 1.165) is 27.5 Å². The van der Waals surface area contributed by atoms with Gasteiger partial charge in [0.1, 0.15) is 23.4 Å². The second kappa shape index (κ2) is 6.39. The minimum Gasteiger partial charge on any atom is -0.511 e.